The van der Waals surface area contributed by atoms with Gasteiger partial charge >= 0.3 is 8.56 Å². The minimum Gasteiger partial charge on any atom is -0.395 e. The lowest BCUT2D eigenvalue weighted by Crippen LogP contribution is -2.36. The average Bonchev–Trinajstić information content (AvgIpc) is 2.21. The van der Waals surface area contributed by atoms with Crippen LogP contribution in [0.2, 0.25) is 13.1 Å². The maximum Gasteiger partial charge on any atom is 0.331 e. The molecule has 0 N–H and O–H groups in total. The molecule has 1 unspecified atom stereocenters. The number of rotatable bonds is 9. The van der Waals surface area contributed by atoms with Crippen molar-refractivity contribution < 1.29 is 8.85 Å². The van der Waals surface area contributed by atoms with E-state index < -0.39 is 8.56 Å². The molecule has 0 aromatic heterocycles. The summed E-state index contributed by atoms with van der Waals surface area (Å²) in [7, 11) is -1.85. The van der Waals surface area contributed by atoms with Crippen LogP contribution in [0.4, 0.5) is 0 Å². The molecule has 0 radical (unpaired) electrons. The molecule has 0 aliphatic rings. The second kappa shape index (κ2) is 8.26. The van der Waals surface area contributed by atoms with E-state index in [9.17, 15) is 0 Å². The highest BCUT2D eigenvalue weighted by atomic mass is 28.4. The van der Waals surface area contributed by atoms with Crippen molar-refractivity contribution in [2.24, 2.45) is 11.8 Å². The zero-order valence-corrected chi connectivity index (χ0v) is 13.0. The second-order valence-corrected chi connectivity index (χ2v) is 8.99. The minimum absolute atomic E-state index is 0.644. The lowest BCUT2D eigenvalue weighted by Gasteiger charge is -2.24. The van der Waals surface area contributed by atoms with E-state index in [4.69, 9.17) is 8.85 Å². The van der Waals surface area contributed by atoms with Gasteiger partial charge in [-0.1, -0.05) is 34.1 Å². The third-order valence-electron chi connectivity index (χ3n) is 2.79. The van der Waals surface area contributed by atoms with E-state index in [1.165, 1.54) is 12.8 Å². The third-order valence-corrected chi connectivity index (χ3v) is 4.55. The molecule has 0 amide bonds. The average molecular weight is 246 g/mol. The summed E-state index contributed by atoms with van der Waals surface area (Å²) < 4.78 is 11.8. The van der Waals surface area contributed by atoms with Crippen molar-refractivity contribution in [3.05, 3.63) is 0 Å². The Morgan fingerprint density at radius 2 is 1.69 bits per heavy atom. The topological polar surface area (TPSA) is 18.5 Å². The summed E-state index contributed by atoms with van der Waals surface area (Å²) in [4.78, 5) is 0. The van der Waals surface area contributed by atoms with E-state index in [0.29, 0.717) is 5.92 Å². The predicted octanol–water partition coefficient (Wildman–Crippen LogP) is 4.20. The van der Waals surface area contributed by atoms with Crippen LogP contribution >= 0.6 is 0 Å². The molecule has 0 fully saturated rings. The Balaban J connectivity index is 3.61. The van der Waals surface area contributed by atoms with Crippen molar-refractivity contribution in [1.29, 1.82) is 0 Å². The lowest BCUT2D eigenvalue weighted by atomic mass is 10.1. The molecule has 98 valence electrons. The molecule has 0 aromatic rings. The largest absolute Gasteiger partial charge is 0.395 e. The van der Waals surface area contributed by atoms with Gasteiger partial charge in [-0.2, -0.15) is 0 Å². The number of hydrogen-bond donors (Lipinski definition) is 0. The van der Waals surface area contributed by atoms with Gasteiger partial charge in [-0.3, -0.25) is 0 Å². The van der Waals surface area contributed by atoms with Gasteiger partial charge in [0.15, 0.2) is 0 Å². The Hall–Kier alpha value is 0.137. The molecule has 0 bridgehead atoms. The van der Waals surface area contributed by atoms with Crippen LogP contribution in [0.3, 0.4) is 0 Å². The molecule has 0 aromatic carbocycles. The molecule has 16 heavy (non-hydrogen) atoms. The van der Waals surface area contributed by atoms with Crippen LogP contribution < -0.4 is 0 Å². The molecule has 0 heterocycles. The van der Waals surface area contributed by atoms with Crippen molar-refractivity contribution in [3.8, 4) is 0 Å². The van der Waals surface area contributed by atoms with E-state index in [2.05, 4.69) is 40.8 Å². The quantitative estimate of drug-likeness (QED) is 0.448. The van der Waals surface area contributed by atoms with Crippen LogP contribution in [0.15, 0.2) is 0 Å². The summed E-state index contributed by atoms with van der Waals surface area (Å²) >= 11 is 0. The highest BCUT2D eigenvalue weighted by Gasteiger charge is 2.24. The van der Waals surface area contributed by atoms with Gasteiger partial charge in [0.05, 0.1) is 0 Å². The smallest absolute Gasteiger partial charge is 0.331 e. The van der Waals surface area contributed by atoms with Gasteiger partial charge in [-0.05, 0) is 37.8 Å². The summed E-state index contributed by atoms with van der Waals surface area (Å²) in [5.41, 5.74) is 0. The zero-order chi connectivity index (χ0) is 12.6. The second-order valence-electron chi connectivity index (χ2n) is 5.61. The summed E-state index contributed by atoms with van der Waals surface area (Å²) in [6.45, 7) is 14.9. The number of hydrogen-bond acceptors (Lipinski definition) is 2. The Morgan fingerprint density at radius 3 is 2.19 bits per heavy atom. The highest BCUT2D eigenvalue weighted by Crippen LogP contribution is 2.12. The van der Waals surface area contributed by atoms with E-state index >= 15 is 0 Å². The summed E-state index contributed by atoms with van der Waals surface area (Å²) in [6, 6.07) is 0. The van der Waals surface area contributed by atoms with Crippen LogP contribution in [-0.2, 0) is 8.85 Å². The zero-order valence-electron chi connectivity index (χ0n) is 12.0. The maximum atomic E-state index is 5.91. The van der Waals surface area contributed by atoms with Gasteiger partial charge in [0.2, 0.25) is 0 Å². The Morgan fingerprint density at radius 1 is 1.06 bits per heavy atom. The van der Waals surface area contributed by atoms with Gasteiger partial charge in [-0.25, -0.2) is 0 Å². The molecule has 0 saturated heterocycles. The summed E-state index contributed by atoms with van der Waals surface area (Å²) in [5.74, 6) is 1.42. The fourth-order valence-electron chi connectivity index (χ4n) is 1.31. The van der Waals surface area contributed by atoms with Crippen molar-refractivity contribution in [3.63, 3.8) is 0 Å². The van der Waals surface area contributed by atoms with E-state index in [1.54, 1.807) is 0 Å². The molecule has 0 spiro atoms. The van der Waals surface area contributed by atoms with Gasteiger partial charge in [0.1, 0.15) is 0 Å². The summed E-state index contributed by atoms with van der Waals surface area (Å²) in [6.07, 6.45) is 3.58. The Labute approximate surface area is 103 Å². The normalized spacial score (nSPS) is 14.4. The van der Waals surface area contributed by atoms with Gasteiger partial charge in [-0.15, -0.1) is 0 Å². The standard InChI is InChI=1S/C13H30O2Si/c1-7-13(4)11-15-16(5,6)14-10-8-9-12(2)3/h12-13H,7-11H2,1-6H3. The molecule has 0 aliphatic heterocycles. The predicted molar refractivity (Wildman–Crippen MR) is 72.9 cm³/mol. The SMILES string of the molecule is CCC(C)CO[Si](C)(C)OCCCC(C)C. The van der Waals surface area contributed by atoms with Gasteiger partial charge in [0.25, 0.3) is 0 Å². The molecular formula is C13H30O2Si. The first-order valence-corrected chi connectivity index (χ1v) is 9.47. The first-order chi connectivity index (χ1) is 7.37. The van der Waals surface area contributed by atoms with Crippen LogP contribution in [-0.4, -0.2) is 21.8 Å². The van der Waals surface area contributed by atoms with E-state index in [0.717, 1.165) is 25.6 Å². The monoisotopic (exact) mass is 246 g/mol. The molecule has 0 saturated carbocycles. The van der Waals surface area contributed by atoms with Crippen LogP contribution in [0, 0.1) is 11.8 Å². The minimum atomic E-state index is -1.85. The Bertz CT molecular complexity index is 169. The molecule has 0 aliphatic carbocycles. The molecule has 1 atom stereocenters. The molecule has 2 nitrogen and oxygen atoms in total. The third kappa shape index (κ3) is 9.37. The fraction of sp³-hybridized carbons (Fsp3) is 1.00. The van der Waals surface area contributed by atoms with Crippen molar-refractivity contribution in [2.75, 3.05) is 13.2 Å². The van der Waals surface area contributed by atoms with Crippen molar-refractivity contribution in [1.82, 2.24) is 0 Å². The molecular weight excluding hydrogens is 216 g/mol. The van der Waals surface area contributed by atoms with Crippen molar-refractivity contribution >= 4 is 8.56 Å². The molecule has 3 heteroatoms. The first kappa shape index (κ1) is 16.1. The van der Waals surface area contributed by atoms with Crippen LogP contribution in [0.1, 0.15) is 47.0 Å². The van der Waals surface area contributed by atoms with Gasteiger partial charge in [0, 0.05) is 13.2 Å². The Kier molecular flexibility index (Phi) is 8.33. The van der Waals surface area contributed by atoms with E-state index in [1.807, 2.05) is 0 Å². The van der Waals surface area contributed by atoms with Crippen molar-refractivity contribution in [2.45, 2.75) is 60.1 Å². The lowest BCUT2D eigenvalue weighted by molar-refractivity contribution is 0.153. The van der Waals surface area contributed by atoms with E-state index in [-0.39, 0.29) is 0 Å². The highest BCUT2D eigenvalue weighted by molar-refractivity contribution is 6.64. The van der Waals surface area contributed by atoms with Gasteiger partial charge < -0.3 is 8.85 Å². The van der Waals surface area contributed by atoms with Crippen LogP contribution in [0.5, 0.6) is 0 Å². The van der Waals surface area contributed by atoms with Crippen LogP contribution in [0.25, 0.3) is 0 Å². The molecule has 0 rings (SSSR count). The first-order valence-electron chi connectivity index (χ1n) is 6.65. The summed E-state index contributed by atoms with van der Waals surface area (Å²) in [5, 5.41) is 0. The maximum absolute atomic E-state index is 5.91. The fourth-order valence-corrected chi connectivity index (χ4v) is 2.72.